The fraction of sp³-hybridized carbons (Fsp3) is 0.933. The molecule has 1 saturated heterocycles. The normalized spacial score (nSPS) is 47.4. The molecular formula is C30H52O2. The van der Waals surface area contributed by atoms with Gasteiger partial charge in [-0.2, -0.15) is 0 Å². The summed E-state index contributed by atoms with van der Waals surface area (Å²) in [7, 11) is 0. The fourth-order valence-corrected chi connectivity index (χ4v) is 9.80. The molecule has 32 heavy (non-hydrogen) atoms. The van der Waals surface area contributed by atoms with Crippen molar-refractivity contribution in [2.45, 2.75) is 143 Å². The third-order valence-corrected chi connectivity index (χ3v) is 11.3. The molecule has 1 N–H and O–H groups in total. The zero-order valence-electron chi connectivity index (χ0n) is 22.5. The van der Waals surface area contributed by atoms with E-state index in [1.54, 1.807) is 0 Å². The summed E-state index contributed by atoms with van der Waals surface area (Å²) in [5, 5.41) is 11.3. The molecule has 3 aliphatic carbocycles. The quantitative estimate of drug-likeness (QED) is 0.434. The Kier molecular flexibility index (Phi) is 6.28. The summed E-state index contributed by atoms with van der Waals surface area (Å²) in [6, 6.07) is 0. The molecule has 1 heterocycles. The zero-order valence-corrected chi connectivity index (χ0v) is 22.5. The number of hydrogen-bond donors (Lipinski definition) is 1. The monoisotopic (exact) mass is 444 g/mol. The number of fused-ring (bicyclic) bond motifs is 3. The van der Waals surface area contributed by atoms with Crippen LogP contribution in [-0.4, -0.2) is 22.4 Å². The highest BCUT2D eigenvalue weighted by Gasteiger charge is 2.65. The summed E-state index contributed by atoms with van der Waals surface area (Å²) in [4.78, 5) is 0. The van der Waals surface area contributed by atoms with Gasteiger partial charge in [0.1, 0.15) is 0 Å². The Morgan fingerprint density at radius 2 is 1.53 bits per heavy atom. The molecular weight excluding hydrogens is 392 g/mol. The molecule has 4 fully saturated rings. The number of aliphatic hydroxyl groups is 1. The van der Waals surface area contributed by atoms with Crippen molar-refractivity contribution in [2.75, 3.05) is 0 Å². The maximum absolute atomic E-state index is 11.3. The molecule has 0 radical (unpaired) electrons. The molecule has 8 atom stereocenters. The average molecular weight is 445 g/mol. The van der Waals surface area contributed by atoms with Crippen LogP contribution in [0.2, 0.25) is 0 Å². The van der Waals surface area contributed by atoms with Gasteiger partial charge in [0.2, 0.25) is 0 Å². The van der Waals surface area contributed by atoms with Gasteiger partial charge in [0.15, 0.2) is 0 Å². The lowest BCUT2D eigenvalue weighted by Gasteiger charge is -2.62. The predicted molar refractivity (Wildman–Crippen MR) is 135 cm³/mol. The van der Waals surface area contributed by atoms with E-state index in [0.29, 0.717) is 22.2 Å². The lowest BCUT2D eigenvalue weighted by Crippen LogP contribution is -2.56. The lowest BCUT2D eigenvalue weighted by atomic mass is 9.43. The summed E-state index contributed by atoms with van der Waals surface area (Å²) in [6.45, 7) is 19.1. The summed E-state index contributed by atoms with van der Waals surface area (Å²) in [5.74, 6) is 2.33. The Bertz CT molecular complexity index is 731. The van der Waals surface area contributed by atoms with Gasteiger partial charge in [0.25, 0.3) is 0 Å². The highest BCUT2D eigenvalue weighted by Crippen LogP contribution is 2.71. The molecule has 4 rings (SSSR count). The van der Waals surface area contributed by atoms with Crippen molar-refractivity contribution in [1.29, 1.82) is 0 Å². The second-order valence-corrected chi connectivity index (χ2v) is 14.3. The van der Waals surface area contributed by atoms with Crippen LogP contribution >= 0.6 is 0 Å². The highest BCUT2D eigenvalue weighted by molar-refractivity contribution is 5.15. The Labute approximate surface area is 199 Å². The minimum atomic E-state index is -0.736. The van der Waals surface area contributed by atoms with Crippen molar-refractivity contribution >= 4 is 0 Å². The van der Waals surface area contributed by atoms with Gasteiger partial charge >= 0.3 is 0 Å². The highest BCUT2D eigenvalue weighted by atomic mass is 16.5. The van der Waals surface area contributed by atoms with E-state index in [2.05, 4.69) is 54.5 Å². The summed E-state index contributed by atoms with van der Waals surface area (Å²) in [5.41, 5.74) is 1.89. The molecule has 3 saturated carbocycles. The maximum atomic E-state index is 11.3. The number of allylic oxidation sites excluding steroid dienone is 2. The number of rotatable bonds is 5. The van der Waals surface area contributed by atoms with E-state index < -0.39 is 5.60 Å². The number of hydrogen-bond acceptors (Lipinski definition) is 2. The molecule has 3 unspecified atom stereocenters. The van der Waals surface area contributed by atoms with Crippen LogP contribution in [0.1, 0.15) is 126 Å². The third-order valence-electron chi connectivity index (χ3n) is 11.3. The first-order valence-corrected chi connectivity index (χ1v) is 13.8. The zero-order chi connectivity index (χ0) is 23.6. The van der Waals surface area contributed by atoms with E-state index in [-0.39, 0.29) is 11.7 Å². The molecule has 0 aromatic heterocycles. The van der Waals surface area contributed by atoms with Crippen LogP contribution in [0, 0.1) is 34.0 Å². The van der Waals surface area contributed by atoms with Crippen LogP contribution in [-0.2, 0) is 4.74 Å². The van der Waals surface area contributed by atoms with Gasteiger partial charge in [-0.1, -0.05) is 45.8 Å². The summed E-state index contributed by atoms with van der Waals surface area (Å²) < 4.78 is 6.91. The van der Waals surface area contributed by atoms with Crippen molar-refractivity contribution in [3.05, 3.63) is 11.6 Å². The first kappa shape index (κ1) is 24.8. The van der Waals surface area contributed by atoms with Crippen LogP contribution < -0.4 is 0 Å². The standard InChI is InChI=1S/C30H52O2/c1-21(2)11-9-18-29(7,31)25-15-20-30(8,32-25)24-13-12-23-27(5)17-10-16-26(3,4)22(27)14-19-28(23,24)6/h11,22-25,31H,9-10,12-20H2,1-8H3/t22-,23?,24-,25?,27-,28+,29?,30-/m0/s1. The average Bonchev–Trinajstić information content (AvgIpc) is 3.23. The van der Waals surface area contributed by atoms with Crippen molar-refractivity contribution in [3.63, 3.8) is 0 Å². The van der Waals surface area contributed by atoms with E-state index in [1.165, 1.54) is 50.5 Å². The third kappa shape index (κ3) is 3.94. The fourth-order valence-electron chi connectivity index (χ4n) is 9.80. The first-order valence-electron chi connectivity index (χ1n) is 13.8. The van der Waals surface area contributed by atoms with Gasteiger partial charge in [0.05, 0.1) is 17.3 Å². The largest absolute Gasteiger partial charge is 0.387 e. The molecule has 0 amide bonds. The van der Waals surface area contributed by atoms with Gasteiger partial charge in [-0.15, -0.1) is 0 Å². The van der Waals surface area contributed by atoms with Crippen LogP contribution in [0.25, 0.3) is 0 Å². The molecule has 1 aliphatic heterocycles. The second-order valence-electron chi connectivity index (χ2n) is 14.3. The van der Waals surface area contributed by atoms with Gasteiger partial charge in [-0.3, -0.25) is 0 Å². The minimum Gasteiger partial charge on any atom is -0.387 e. The molecule has 0 spiro atoms. The number of ether oxygens (including phenoxy) is 1. The van der Waals surface area contributed by atoms with Crippen LogP contribution in [0.3, 0.4) is 0 Å². The van der Waals surface area contributed by atoms with Crippen LogP contribution in [0.4, 0.5) is 0 Å². The molecule has 0 aromatic rings. The van der Waals surface area contributed by atoms with Crippen LogP contribution in [0.15, 0.2) is 11.6 Å². The van der Waals surface area contributed by atoms with Gasteiger partial charge in [0, 0.05) is 0 Å². The van der Waals surface area contributed by atoms with E-state index in [1.807, 2.05) is 6.92 Å². The lowest BCUT2D eigenvalue weighted by molar-refractivity contribution is -0.180. The Morgan fingerprint density at radius 1 is 0.875 bits per heavy atom. The maximum Gasteiger partial charge on any atom is 0.0883 e. The second kappa shape index (κ2) is 8.11. The SMILES string of the molecule is CC(C)=CCCC(C)(O)C1CC[C@@](C)([C@H]2CCC3[C@@]2(C)CC[C@H]2C(C)(C)CCC[C@]32C)O1. The molecule has 0 aromatic carbocycles. The van der Waals surface area contributed by atoms with Crippen molar-refractivity contribution < 1.29 is 9.84 Å². The first-order chi connectivity index (χ1) is 14.7. The van der Waals surface area contributed by atoms with Crippen molar-refractivity contribution in [3.8, 4) is 0 Å². The Balaban J connectivity index is 1.51. The molecule has 184 valence electrons. The minimum absolute atomic E-state index is 0.0266. The topological polar surface area (TPSA) is 29.5 Å². The van der Waals surface area contributed by atoms with Crippen LogP contribution in [0.5, 0.6) is 0 Å². The smallest absolute Gasteiger partial charge is 0.0883 e. The van der Waals surface area contributed by atoms with Gasteiger partial charge in [-0.25, -0.2) is 0 Å². The molecule has 2 heteroatoms. The van der Waals surface area contributed by atoms with Gasteiger partial charge in [-0.05, 0) is 126 Å². The van der Waals surface area contributed by atoms with Crippen molar-refractivity contribution in [1.82, 2.24) is 0 Å². The Hall–Kier alpha value is -0.340. The molecule has 4 aliphatic rings. The Morgan fingerprint density at radius 3 is 2.22 bits per heavy atom. The van der Waals surface area contributed by atoms with E-state index in [4.69, 9.17) is 4.74 Å². The van der Waals surface area contributed by atoms with E-state index in [0.717, 1.165) is 37.5 Å². The predicted octanol–water partition coefficient (Wildman–Crippen LogP) is 8.08. The van der Waals surface area contributed by atoms with E-state index >= 15 is 0 Å². The van der Waals surface area contributed by atoms with Crippen molar-refractivity contribution in [2.24, 2.45) is 34.0 Å². The molecule has 0 bridgehead atoms. The van der Waals surface area contributed by atoms with E-state index in [9.17, 15) is 5.11 Å². The summed E-state index contributed by atoms with van der Waals surface area (Å²) >= 11 is 0. The molecule has 2 nitrogen and oxygen atoms in total. The summed E-state index contributed by atoms with van der Waals surface area (Å²) in [6.07, 6.45) is 15.7. The van der Waals surface area contributed by atoms with Gasteiger partial charge < -0.3 is 9.84 Å².